The topological polar surface area (TPSA) is 87.1 Å². The molecule has 2 fully saturated rings. The molecular weight excluding hydrogens is 466 g/mol. The van der Waals surface area contributed by atoms with E-state index in [9.17, 15) is 0 Å². The predicted molar refractivity (Wildman–Crippen MR) is 142 cm³/mol. The lowest BCUT2D eigenvalue weighted by molar-refractivity contribution is -0.159. The molecule has 37 heavy (non-hydrogen) atoms. The van der Waals surface area contributed by atoms with E-state index in [1.807, 2.05) is 0 Å². The molecule has 5 rings (SSSR count). The third-order valence-corrected chi connectivity index (χ3v) is 7.00. The molecule has 0 spiro atoms. The van der Waals surface area contributed by atoms with Gasteiger partial charge in [-0.15, -0.1) is 0 Å². The van der Waals surface area contributed by atoms with Gasteiger partial charge in [-0.25, -0.2) is 9.59 Å². The Labute approximate surface area is 217 Å². The lowest BCUT2D eigenvalue weighted by atomic mass is 9.95. The molecule has 0 unspecified atom stereocenters. The van der Waals surface area contributed by atoms with Crippen molar-refractivity contribution in [1.82, 2.24) is 4.90 Å². The van der Waals surface area contributed by atoms with Crippen molar-refractivity contribution in [2.24, 2.45) is 0 Å². The fourth-order valence-corrected chi connectivity index (χ4v) is 5.26. The molecule has 6 heteroatoms. The maximum absolute atomic E-state index is 9.10. The van der Waals surface area contributed by atoms with Gasteiger partial charge >= 0.3 is 11.9 Å². The Hall–Kier alpha value is -3.74. The molecular formula is C31H33NO5. The summed E-state index contributed by atoms with van der Waals surface area (Å²) in [7, 11) is 0. The molecule has 0 radical (unpaired) electrons. The van der Waals surface area contributed by atoms with Crippen LogP contribution in [-0.4, -0.2) is 45.7 Å². The van der Waals surface area contributed by atoms with Crippen molar-refractivity contribution in [2.45, 2.75) is 50.4 Å². The van der Waals surface area contributed by atoms with Gasteiger partial charge in [0.2, 0.25) is 0 Å². The first-order valence-electron chi connectivity index (χ1n) is 12.7. The molecule has 0 aromatic heterocycles. The lowest BCUT2D eigenvalue weighted by Crippen LogP contribution is -2.39. The second-order valence-corrected chi connectivity index (χ2v) is 9.46. The van der Waals surface area contributed by atoms with E-state index < -0.39 is 11.9 Å². The SMILES string of the molecule is C(COC(c1ccccc1)c1ccccc1)=C1C[C@H]2CC[C@@H](C1)N2Cc1ccccc1.O=C(O)C(=O)O. The van der Waals surface area contributed by atoms with Crippen molar-refractivity contribution in [3.63, 3.8) is 0 Å². The molecule has 2 atom stereocenters. The second kappa shape index (κ2) is 13.0. The summed E-state index contributed by atoms with van der Waals surface area (Å²) in [6.07, 6.45) is 7.37. The van der Waals surface area contributed by atoms with Gasteiger partial charge in [-0.05, 0) is 42.4 Å². The number of piperidine rings is 1. The molecule has 2 saturated heterocycles. The van der Waals surface area contributed by atoms with Crippen LogP contribution in [0, 0.1) is 0 Å². The monoisotopic (exact) mass is 499 g/mol. The van der Waals surface area contributed by atoms with Crippen molar-refractivity contribution in [3.8, 4) is 0 Å². The van der Waals surface area contributed by atoms with E-state index >= 15 is 0 Å². The van der Waals surface area contributed by atoms with Gasteiger partial charge in [0.15, 0.2) is 0 Å². The number of aliphatic carboxylic acids is 2. The van der Waals surface area contributed by atoms with Gasteiger partial charge in [0, 0.05) is 18.6 Å². The Bertz CT molecular complexity index is 1110. The van der Waals surface area contributed by atoms with Crippen LogP contribution in [-0.2, 0) is 20.9 Å². The van der Waals surface area contributed by atoms with Crippen LogP contribution in [0.25, 0.3) is 0 Å². The van der Waals surface area contributed by atoms with Gasteiger partial charge in [0.25, 0.3) is 0 Å². The zero-order valence-electron chi connectivity index (χ0n) is 20.8. The third kappa shape index (κ3) is 7.38. The van der Waals surface area contributed by atoms with Crippen molar-refractivity contribution < 1.29 is 24.5 Å². The van der Waals surface area contributed by atoms with E-state index in [1.54, 1.807) is 5.57 Å². The highest BCUT2D eigenvalue weighted by molar-refractivity contribution is 6.27. The smallest absolute Gasteiger partial charge is 0.414 e. The number of hydrogen-bond acceptors (Lipinski definition) is 4. The average Bonchev–Trinajstić information content (AvgIpc) is 3.15. The van der Waals surface area contributed by atoms with Crippen LogP contribution >= 0.6 is 0 Å². The van der Waals surface area contributed by atoms with E-state index in [-0.39, 0.29) is 6.10 Å². The van der Waals surface area contributed by atoms with Crippen LogP contribution in [0.1, 0.15) is 48.5 Å². The summed E-state index contributed by atoms with van der Waals surface area (Å²) < 4.78 is 6.44. The Balaban J connectivity index is 0.000000480. The minimum Gasteiger partial charge on any atom is -0.473 e. The molecule has 0 saturated carbocycles. The number of fused-ring (bicyclic) bond motifs is 2. The molecule has 0 aliphatic carbocycles. The highest BCUT2D eigenvalue weighted by Gasteiger charge is 2.38. The van der Waals surface area contributed by atoms with Crippen LogP contribution in [0.15, 0.2) is 103 Å². The first-order chi connectivity index (χ1) is 18.0. The summed E-state index contributed by atoms with van der Waals surface area (Å²) in [6.45, 7) is 1.76. The predicted octanol–water partition coefficient (Wildman–Crippen LogP) is 5.70. The van der Waals surface area contributed by atoms with Gasteiger partial charge < -0.3 is 14.9 Å². The quantitative estimate of drug-likeness (QED) is 0.320. The fraction of sp³-hybridized carbons (Fsp3) is 0.290. The molecule has 2 N–H and O–H groups in total. The fourth-order valence-electron chi connectivity index (χ4n) is 5.26. The number of carboxylic acids is 2. The van der Waals surface area contributed by atoms with E-state index in [1.165, 1.54) is 42.4 Å². The highest BCUT2D eigenvalue weighted by atomic mass is 16.5. The molecule has 0 amide bonds. The molecule has 2 aliphatic heterocycles. The Morgan fingerprint density at radius 1 is 0.784 bits per heavy atom. The van der Waals surface area contributed by atoms with Crippen LogP contribution in [0.3, 0.4) is 0 Å². The van der Waals surface area contributed by atoms with E-state index in [4.69, 9.17) is 24.5 Å². The number of carboxylic acid groups (broad SMARTS) is 2. The summed E-state index contributed by atoms with van der Waals surface area (Å²) in [5.41, 5.74) is 5.44. The van der Waals surface area contributed by atoms with Crippen molar-refractivity contribution >= 4 is 11.9 Å². The van der Waals surface area contributed by atoms with Crippen LogP contribution in [0.2, 0.25) is 0 Å². The number of benzene rings is 3. The largest absolute Gasteiger partial charge is 0.473 e. The van der Waals surface area contributed by atoms with Crippen molar-refractivity contribution in [1.29, 1.82) is 0 Å². The zero-order chi connectivity index (χ0) is 26.0. The lowest BCUT2D eigenvalue weighted by Gasteiger charge is -2.36. The molecule has 2 bridgehead atoms. The summed E-state index contributed by atoms with van der Waals surface area (Å²) in [4.78, 5) is 20.9. The third-order valence-electron chi connectivity index (χ3n) is 7.00. The van der Waals surface area contributed by atoms with Crippen molar-refractivity contribution in [3.05, 3.63) is 119 Å². The Morgan fingerprint density at radius 3 is 1.70 bits per heavy atom. The van der Waals surface area contributed by atoms with Gasteiger partial charge in [-0.2, -0.15) is 0 Å². The maximum Gasteiger partial charge on any atom is 0.414 e. The Morgan fingerprint density at radius 2 is 1.24 bits per heavy atom. The molecule has 3 aromatic rings. The minimum atomic E-state index is -1.82. The Kier molecular flexibility index (Phi) is 9.24. The second-order valence-electron chi connectivity index (χ2n) is 9.46. The van der Waals surface area contributed by atoms with Crippen molar-refractivity contribution in [2.75, 3.05) is 6.61 Å². The molecule has 2 aliphatic rings. The first kappa shape index (κ1) is 26.3. The number of carbonyl (C=O) groups is 2. The molecule has 2 heterocycles. The minimum absolute atomic E-state index is 0.0193. The van der Waals surface area contributed by atoms with Gasteiger partial charge in [0.05, 0.1) is 6.61 Å². The number of ether oxygens (including phenoxy) is 1. The number of rotatable bonds is 7. The zero-order valence-corrected chi connectivity index (χ0v) is 20.8. The summed E-state index contributed by atoms with van der Waals surface area (Å²) in [6, 6.07) is 33.4. The van der Waals surface area contributed by atoms with E-state index in [2.05, 4.69) is 102 Å². The molecule has 3 aromatic carbocycles. The number of nitrogens with zero attached hydrogens (tertiary/aromatic N) is 1. The van der Waals surface area contributed by atoms with E-state index in [0.717, 1.165) is 6.54 Å². The molecule has 6 nitrogen and oxygen atoms in total. The summed E-state index contributed by atoms with van der Waals surface area (Å²) >= 11 is 0. The summed E-state index contributed by atoms with van der Waals surface area (Å²) in [5.74, 6) is -3.65. The van der Waals surface area contributed by atoms with Gasteiger partial charge in [-0.3, -0.25) is 4.90 Å². The normalized spacial score (nSPS) is 19.9. The first-order valence-corrected chi connectivity index (χ1v) is 12.7. The van der Waals surface area contributed by atoms with E-state index in [0.29, 0.717) is 18.7 Å². The maximum atomic E-state index is 9.10. The number of hydrogen-bond donors (Lipinski definition) is 2. The summed E-state index contributed by atoms with van der Waals surface area (Å²) in [5, 5.41) is 14.8. The van der Waals surface area contributed by atoms with Gasteiger partial charge in [-0.1, -0.05) is 103 Å². The van der Waals surface area contributed by atoms with Crippen LogP contribution < -0.4 is 0 Å². The van der Waals surface area contributed by atoms with Gasteiger partial charge in [0.1, 0.15) is 6.10 Å². The average molecular weight is 500 g/mol. The highest BCUT2D eigenvalue weighted by Crippen LogP contribution is 2.39. The standard InChI is InChI=1S/C29H31NO.C2H2O4/c1-4-10-23(11-5-1)22-30-27-16-17-28(30)21-24(20-27)18-19-31-29(25-12-6-2-7-13-25)26-14-8-3-9-15-26;3-1(4)2(5)6/h1-15,18,27-29H,16-17,19-22H2;(H,3,4)(H,5,6)/t27-,28+;. The van der Waals surface area contributed by atoms with Crippen LogP contribution in [0.5, 0.6) is 0 Å². The van der Waals surface area contributed by atoms with Crippen LogP contribution in [0.4, 0.5) is 0 Å². The molecule has 192 valence electrons.